The Labute approximate surface area is 121 Å². The molecule has 0 spiro atoms. The second kappa shape index (κ2) is 5.46. The summed E-state index contributed by atoms with van der Waals surface area (Å²) in [4.78, 5) is 8.99. The summed E-state index contributed by atoms with van der Waals surface area (Å²) in [5.41, 5.74) is 2.49. The van der Waals surface area contributed by atoms with E-state index < -0.39 is 0 Å². The summed E-state index contributed by atoms with van der Waals surface area (Å²) < 4.78 is 0. The Kier molecular flexibility index (Phi) is 3.52. The molecule has 0 amide bonds. The van der Waals surface area contributed by atoms with Gasteiger partial charge in [0.05, 0.1) is 17.3 Å². The number of hydrogen-bond donors (Lipinski definition) is 2. The van der Waals surface area contributed by atoms with Crippen LogP contribution < -0.4 is 5.32 Å². The fourth-order valence-electron chi connectivity index (χ4n) is 2.01. The molecule has 0 radical (unpaired) electrons. The van der Waals surface area contributed by atoms with E-state index in [1.54, 1.807) is 6.20 Å². The number of anilines is 1. The van der Waals surface area contributed by atoms with Gasteiger partial charge in [-0.25, -0.2) is 4.98 Å². The lowest BCUT2D eigenvalue weighted by molar-refractivity contribution is 0.955. The van der Waals surface area contributed by atoms with E-state index in [4.69, 9.17) is 11.6 Å². The molecule has 0 saturated carbocycles. The van der Waals surface area contributed by atoms with Crippen LogP contribution in [0.25, 0.3) is 22.3 Å². The van der Waals surface area contributed by atoms with E-state index in [9.17, 15) is 0 Å². The lowest BCUT2D eigenvalue weighted by Crippen LogP contribution is -2.05. The van der Waals surface area contributed by atoms with Crippen molar-refractivity contribution in [2.24, 2.45) is 0 Å². The predicted octanol–water partition coefficient (Wildman–Crippen LogP) is 3.50. The highest BCUT2D eigenvalue weighted by molar-refractivity contribution is 6.30. The number of nitrogens with zero attached hydrogens (tertiary/aromatic N) is 3. The molecule has 0 aliphatic rings. The Morgan fingerprint density at radius 3 is 3.00 bits per heavy atom. The monoisotopic (exact) mass is 287 g/mol. The van der Waals surface area contributed by atoms with Gasteiger partial charge in [-0.05, 0) is 18.6 Å². The van der Waals surface area contributed by atoms with Crippen LogP contribution in [0.15, 0.2) is 30.5 Å². The highest BCUT2D eigenvalue weighted by Crippen LogP contribution is 2.27. The van der Waals surface area contributed by atoms with E-state index in [0.29, 0.717) is 16.6 Å². The van der Waals surface area contributed by atoms with Gasteiger partial charge in [0.2, 0.25) is 5.95 Å². The molecule has 0 atom stereocenters. The third-order valence-electron chi connectivity index (χ3n) is 2.94. The first-order valence-corrected chi connectivity index (χ1v) is 6.86. The number of rotatable bonds is 4. The molecule has 2 heterocycles. The Bertz CT molecular complexity index is 737. The fourth-order valence-corrected chi connectivity index (χ4v) is 2.20. The van der Waals surface area contributed by atoms with Gasteiger partial charge in [0.15, 0.2) is 5.65 Å². The van der Waals surface area contributed by atoms with E-state index in [2.05, 4.69) is 32.4 Å². The van der Waals surface area contributed by atoms with Crippen molar-refractivity contribution in [3.63, 3.8) is 0 Å². The number of benzene rings is 1. The molecule has 3 aromatic rings. The summed E-state index contributed by atoms with van der Waals surface area (Å²) in [5, 5.41) is 11.7. The first kappa shape index (κ1) is 12.9. The van der Waals surface area contributed by atoms with Crippen molar-refractivity contribution in [2.75, 3.05) is 11.9 Å². The number of H-pyrrole nitrogens is 1. The smallest absolute Gasteiger partial charge is 0.225 e. The van der Waals surface area contributed by atoms with Gasteiger partial charge in [0.25, 0.3) is 0 Å². The Balaban J connectivity index is 2.14. The van der Waals surface area contributed by atoms with Gasteiger partial charge in [-0.3, -0.25) is 5.10 Å². The van der Waals surface area contributed by atoms with E-state index in [0.717, 1.165) is 29.6 Å². The van der Waals surface area contributed by atoms with Crippen LogP contribution in [0.1, 0.15) is 13.3 Å². The molecule has 5 nitrogen and oxygen atoms in total. The molecule has 0 unspecified atom stereocenters. The van der Waals surface area contributed by atoms with Crippen molar-refractivity contribution in [2.45, 2.75) is 13.3 Å². The second-order valence-electron chi connectivity index (χ2n) is 4.47. The zero-order chi connectivity index (χ0) is 13.9. The molecule has 0 saturated heterocycles. The minimum absolute atomic E-state index is 0.596. The zero-order valence-corrected chi connectivity index (χ0v) is 11.8. The summed E-state index contributed by atoms with van der Waals surface area (Å²) in [6.07, 6.45) is 2.74. The molecule has 2 aromatic heterocycles. The molecule has 6 heteroatoms. The second-order valence-corrected chi connectivity index (χ2v) is 4.90. The van der Waals surface area contributed by atoms with Gasteiger partial charge < -0.3 is 5.32 Å². The maximum atomic E-state index is 6.06. The summed E-state index contributed by atoms with van der Waals surface area (Å²) in [7, 11) is 0. The van der Waals surface area contributed by atoms with Crippen molar-refractivity contribution >= 4 is 28.6 Å². The molecule has 0 fully saturated rings. The number of hydrogen-bond acceptors (Lipinski definition) is 4. The van der Waals surface area contributed by atoms with Crippen LogP contribution in [0, 0.1) is 0 Å². The minimum Gasteiger partial charge on any atom is -0.354 e. The maximum Gasteiger partial charge on any atom is 0.225 e. The van der Waals surface area contributed by atoms with Crippen LogP contribution in [0.3, 0.4) is 0 Å². The summed E-state index contributed by atoms with van der Waals surface area (Å²) in [6, 6.07) is 7.62. The van der Waals surface area contributed by atoms with Crippen LogP contribution in [0.2, 0.25) is 5.02 Å². The van der Waals surface area contributed by atoms with Crippen LogP contribution in [-0.2, 0) is 0 Å². The number of fused-ring (bicyclic) bond motifs is 1. The topological polar surface area (TPSA) is 66.5 Å². The van der Waals surface area contributed by atoms with Gasteiger partial charge in [0, 0.05) is 17.1 Å². The van der Waals surface area contributed by atoms with E-state index in [-0.39, 0.29) is 0 Å². The largest absolute Gasteiger partial charge is 0.354 e. The minimum atomic E-state index is 0.596. The highest BCUT2D eigenvalue weighted by atomic mass is 35.5. The SMILES string of the molecule is CCCNc1nc(-c2cccc(Cl)c2)c2cn[nH]c2n1. The number of aromatic nitrogens is 4. The van der Waals surface area contributed by atoms with Gasteiger partial charge >= 0.3 is 0 Å². The van der Waals surface area contributed by atoms with Crippen molar-refractivity contribution in [1.82, 2.24) is 20.2 Å². The van der Waals surface area contributed by atoms with E-state index >= 15 is 0 Å². The average molecular weight is 288 g/mol. The molecule has 0 aliphatic carbocycles. The molecule has 0 bridgehead atoms. The third kappa shape index (κ3) is 2.44. The molecular weight excluding hydrogens is 274 g/mol. The first-order valence-electron chi connectivity index (χ1n) is 6.49. The van der Waals surface area contributed by atoms with Gasteiger partial charge in [-0.1, -0.05) is 30.7 Å². The van der Waals surface area contributed by atoms with Gasteiger partial charge in [0.1, 0.15) is 0 Å². The molecule has 1 aromatic carbocycles. The summed E-state index contributed by atoms with van der Waals surface area (Å²) >= 11 is 6.06. The third-order valence-corrected chi connectivity index (χ3v) is 3.18. The Morgan fingerprint density at radius 2 is 2.20 bits per heavy atom. The standard InChI is InChI=1S/C14H14ClN5/c1-2-6-16-14-18-12(9-4-3-5-10(15)7-9)11-8-17-20-13(11)19-14/h3-5,7-8H,2,6H2,1H3,(H2,16,17,18,19,20). The quantitative estimate of drug-likeness (QED) is 0.771. The predicted molar refractivity (Wildman–Crippen MR) is 80.9 cm³/mol. The van der Waals surface area contributed by atoms with Gasteiger partial charge in [-0.2, -0.15) is 10.1 Å². The molecule has 0 aliphatic heterocycles. The lowest BCUT2D eigenvalue weighted by atomic mass is 10.1. The normalized spacial score (nSPS) is 10.9. The van der Waals surface area contributed by atoms with Crippen molar-refractivity contribution in [3.05, 3.63) is 35.5 Å². The average Bonchev–Trinajstić information content (AvgIpc) is 2.92. The summed E-state index contributed by atoms with van der Waals surface area (Å²) in [6.45, 7) is 2.92. The number of aromatic amines is 1. The highest BCUT2D eigenvalue weighted by Gasteiger charge is 2.11. The molecule has 2 N–H and O–H groups in total. The molecule has 102 valence electrons. The Hall–Kier alpha value is -2.14. The van der Waals surface area contributed by atoms with Gasteiger partial charge in [-0.15, -0.1) is 0 Å². The van der Waals surface area contributed by atoms with Crippen LogP contribution in [0.5, 0.6) is 0 Å². The lowest BCUT2D eigenvalue weighted by Gasteiger charge is -2.07. The van der Waals surface area contributed by atoms with Crippen molar-refractivity contribution < 1.29 is 0 Å². The number of halogens is 1. The van der Waals surface area contributed by atoms with Crippen LogP contribution >= 0.6 is 11.6 Å². The molecule has 3 rings (SSSR count). The number of nitrogens with one attached hydrogen (secondary N) is 2. The van der Waals surface area contributed by atoms with Crippen LogP contribution in [-0.4, -0.2) is 26.7 Å². The molecular formula is C14H14ClN5. The molecule has 20 heavy (non-hydrogen) atoms. The summed E-state index contributed by atoms with van der Waals surface area (Å²) in [5.74, 6) is 0.596. The van der Waals surface area contributed by atoms with E-state index in [1.807, 2.05) is 24.3 Å². The Morgan fingerprint density at radius 1 is 1.30 bits per heavy atom. The van der Waals surface area contributed by atoms with E-state index in [1.165, 1.54) is 0 Å². The van der Waals surface area contributed by atoms with Crippen LogP contribution in [0.4, 0.5) is 5.95 Å². The van der Waals surface area contributed by atoms with Crippen molar-refractivity contribution in [1.29, 1.82) is 0 Å². The van der Waals surface area contributed by atoms with Crippen molar-refractivity contribution in [3.8, 4) is 11.3 Å². The maximum absolute atomic E-state index is 6.06. The zero-order valence-electron chi connectivity index (χ0n) is 11.0. The fraction of sp³-hybridized carbons (Fsp3) is 0.214. The first-order chi connectivity index (χ1) is 9.78.